The minimum absolute atomic E-state index is 0.0181. The van der Waals surface area contributed by atoms with Gasteiger partial charge in [0, 0.05) is 19.6 Å². The van der Waals surface area contributed by atoms with Crippen LogP contribution in [0.4, 0.5) is 8.78 Å². The Morgan fingerprint density at radius 1 is 1.00 bits per heavy atom. The molecule has 2 N–H and O–H groups in total. The molecule has 2 aliphatic heterocycles. The van der Waals surface area contributed by atoms with Crippen molar-refractivity contribution in [1.82, 2.24) is 15.3 Å². The van der Waals surface area contributed by atoms with Crippen LogP contribution in [0.2, 0.25) is 0 Å². The molecule has 202 valence electrons. The molecule has 10 heteroatoms. The van der Waals surface area contributed by atoms with Gasteiger partial charge in [0.2, 0.25) is 11.8 Å². The third kappa shape index (κ3) is 4.92. The summed E-state index contributed by atoms with van der Waals surface area (Å²) in [6, 6.07) is 11.3. The number of carbonyl (C=O) groups excluding carboxylic acids is 4. The maximum atomic E-state index is 14.3. The van der Waals surface area contributed by atoms with Gasteiger partial charge in [-0.2, -0.15) is 0 Å². The number of nitrogens with zero attached hydrogens (tertiary/aromatic N) is 2. The van der Waals surface area contributed by atoms with Crippen molar-refractivity contribution in [3.8, 4) is 0 Å². The Labute approximate surface area is 219 Å². The maximum absolute atomic E-state index is 14.3. The van der Waals surface area contributed by atoms with Crippen molar-refractivity contribution >= 4 is 23.6 Å². The summed E-state index contributed by atoms with van der Waals surface area (Å²) in [4.78, 5) is 54.9. The number of imide groups is 1. The van der Waals surface area contributed by atoms with Crippen molar-refractivity contribution in [3.05, 3.63) is 70.8 Å². The topological polar surface area (TPSA) is 107 Å². The van der Waals surface area contributed by atoms with Crippen molar-refractivity contribution in [2.24, 2.45) is 17.3 Å². The molecular weight excluding hydrogens is 496 g/mol. The van der Waals surface area contributed by atoms with Gasteiger partial charge in [-0.15, -0.1) is 0 Å². The predicted molar refractivity (Wildman–Crippen MR) is 133 cm³/mol. The first-order valence-electron chi connectivity index (χ1n) is 12.7. The van der Waals surface area contributed by atoms with E-state index in [0.29, 0.717) is 37.3 Å². The Morgan fingerprint density at radius 2 is 1.61 bits per heavy atom. The van der Waals surface area contributed by atoms with Gasteiger partial charge in [0.05, 0.1) is 22.5 Å². The predicted octanol–water partition coefficient (Wildman–Crippen LogP) is 3.58. The summed E-state index contributed by atoms with van der Waals surface area (Å²) in [5.74, 6) is -6.11. The molecular formula is C28H31F2N3O5. The van der Waals surface area contributed by atoms with Crippen molar-refractivity contribution in [2.45, 2.75) is 39.5 Å². The molecule has 0 aliphatic carbocycles. The summed E-state index contributed by atoms with van der Waals surface area (Å²) in [5, 5.41) is 9.56. The van der Waals surface area contributed by atoms with Crippen LogP contribution in [0.3, 0.4) is 0 Å². The third-order valence-corrected chi connectivity index (χ3v) is 7.58. The highest BCUT2D eigenvalue weighted by atomic mass is 19.1. The highest BCUT2D eigenvalue weighted by Gasteiger charge is 2.54. The molecule has 2 aromatic carbocycles. The minimum atomic E-state index is -1.17. The Kier molecular flexibility index (Phi) is 7.91. The number of hydrogen-bond acceptors (Lipinski definition) is 5. The van der Waals surface area contributed by atoms with Gasteiger partial charge in [-0.3, -0.25) is 29.3 Å². The van der Waals surface area contributed by atoms with Crippen LogP contribution in [0, 0.1) is 28.9 Å². The van der Waals surface area contributed by atoms with E-state index in [9.17, 15) is 33.2 Å². The molecule has 2 aliphatic rings. The van der Waals surface area contributed by atoms with Gasteiger partial charge in [0.25, 0.3) is 11.8 Å². The van der Waals surface area contributed by atoms with Gasteiger partial charge in [-0.05, 0) is 49.3 Å². The second-order valence-electron chi connectivity index (χ2n) is 10.4. The monoisotopic (exact) mass is 527 g/mol. The lowest BCUT2D eigenvalue weighted by molar-refractivity contribution is -0.150. The number of hydrogen-bond donors (Lipinski definition) is 2. The smallest absolute Gasteiger partial charge is 0.264 e. The van der Waals surface area contributed by atoms with Crippen molar-refractivity contribution in [2.75, 3.05) is 19.6 Å². The van der Waals surface area contributed by atoms with Crippen LogP contribution in [-0.2, 0) is 16.0 Å². The highest BCUT2D eigenvalue weighted by molar-refractivity contribution is 6.21. The molecule has 0 radical (unpaired) electrons. The number of nitrogens with one attached hydrogen (secondary N) is 1. The van der Waals surface area contributed by atoms with E-state index in [4.69, 9.17) is 0 Å². The quantitative estimate of drug-likeness (QED) is 0.279. The van der Waals surface area contributed by atoms with E-state index < -0.39 is 51.8 Å². The molecule has 4 rings (SSSR count). The summed E-state index contributed by atoms with van der Waals surface area (Å²) in [5.41, 5.74) is 0.261. The summed E-state index contributed by atoms with van der Waals surface area (Å²) in [6.45, 7) is 4.36. The van der Waals surface area contributed by atoms with Crippen molar-refractivity contribution < 1.29 is 33.2 Å². The number of fused-ring (bicyclic) bond motifs is 1. The van der Waals surface area contributed by atoms with Crippen LogP contribution in [0.1, 0.15) is 59.4 Å². The fourth-order valence-corrected chi connectivity index (χ4v) is 5.89. The Hall–Kier alpha value is -3.66. The maximum Gasteiger partial charge on any atom is 0.264 e. The molecule has 2 aromatic rings. The molecule has 0 spiro atoms. The molecule has 2 heterocycles. The zero-order valence-electron chi connectivity index (χ0n) is 21.4. The van der Waals surface area contributed by atoms with E-state index in [1.54, 1.807) is 10.4 Å². The molecule has 1 fully saturated rings. The van der Waals surface area contributed by atoms with E-state index in [0.717, 1.165) is 17.7 Å². The molecule has 4 amide bonds. The van der Waals surface area contributed by atoms with Crippen LogP contribution < -0.4 is 5.48 Å². The van der Waals surface area contributed by atoms with Gasteiger partial charge in [-0.1, -0.05) is 44.2 Å². The lowest BCUT2D eigenvalue weighted by Gasteiger charge is -2.36. The number of carbonyl (C=O) groups is 4. The number of benzene rings is 2. The van der Waals surface area contributed by atoms with E-state index in [-0.39, 0.29) is 24.8 Å². The van der Waals surface area contributed by atoms with Crippen LogP contribution in [0.5, 0.6) is 0 Å². The van der Waals surface area contributed by atoms with Gasteiger partial charge < -0.3 is 4.90 Å². The number of hydroxylamine groups is 1. The van der Waals surface area contributed by atoms with Gasteiger partial charge in [0.1, 0.15) is 11.6 Å². The second-order valence-corrected chi connectivity index (χ2v) is 10.4. The summed E-state index contributed by atoms with van der Waals surface area (Å²) in [7, 11) is 0. The highest BCUT2D eigenvalue weighted by Crippen LogP contribution is 2.46. The van der Waals surface area contributed by atoms with Gasteiger partial charge >= 0.3 is 0 Å². The average molecular weight is 528 g/mol. The number of amides is 4. The normalized spacial score (nSPS) is 19.9. The molecule has 0 saturated carbocycles. The molecule has 8 nitrogen and oxygen atoms in total. The van der Waals surface area contributed by atoms with E-state index in [1.165, 1.54) is 0 Å². The Bertz CT molecular complexity index is 1210. The van der Waals surface area contributed by atoms with Gasteiger partial charge in [0.15, 0.2) is 0 Å². The Morgan fingerprint density at radius 3 is 2.16 bits per heavy atom. The van der Waals surface area contributed by atoms with Gasteiger partial charge in [-0.25, -0.2) is 14.3 Å². The number of halogens is 2. The fraction of sp³-hybridized carbons (Fsp3) is 0.429. The lowest BCUT2D eigenvalue weighted by Crippen LogP contribution is -2.48. The summed E-state index contributed by atoms with van der Waals surface area (Å²) in [6.07, 6.45) is 1.17. The molecule has 38 heavy (non-hydrogen) atoms. The SMILES string of the molecule is CC(C)CC1(C(CCN2C(=O)c3c(F)ccc(F)c3C2=O)C(=O)NO)CCN(CCc2ccccc2)C1=O. The lowest BCUT2D eigenvalue weighted by atomic mass is 9.67. The standard InChI is InChI=1S/C28H31F2N3O5/c1-17(2)16-28(12-15-32(27(28)37)13-10-18-6-4-3-5-7-18)19(24(34)31-38)11-14-33-25(35)22-20(29)8-9-21(30)23(22)26(33)36/h3-9,17,19,38H,10-16H2,1-2H3,(H,31,34). The zero-order chi connectivity index (χ0) is 27.6. The average Bonchev–Trinajstić information content (AvgIpc) is 3.34. The van der Waals surface area contributed by atoms with E-state index in [1.807, 2.05) is 44.2 Å². The van der Waals surface area contributed by atoms with Crippen LogP contribution >= 0.6 is 0 Å². The zero-order valence-corrected chi connectivity index (χ0v) is 21.4. The minimum Gasteiger partial charge on any atom is -0.342 e. The van der Waals surface area contributed by atoms with Crippen LogP contribution in [-0.4, -0.2) is 58.3 Å². The number of rotatable bonds is 10. The van der Waals surface area contributed by atoms with Crippen LogP contribution in [0.25, 0.3) is 0 Å². The van der Waals surface area contributed by atoms with Crippen molar-refractivity contribution in [1.29, 1.82) is 0 Å². The number of likely N-dealkylation sites (tertiary alicyclic amines) is 1. The summed E-state index contributed by atoms with van der Waals surface area (Å²) < 4.78 is 28.6. The molecule has 0 aromatic heterocycles. The molecule has 1 saturated heterocycles. The second kappa shape index (κ2) is 11.0. The third-order valence-electron chi connectivity index (χ3n) is 7.58. The molecule has 2 atom stereocenters. The molecule has 0 bridgehead atoms. The van der Waals surface area contributed by atoms with E-state index >= 15 is 0 Å². The molecule has 2 unspecified atom stereocenters. The largest absolute Gasteiger partial charge is 0.342 e. The van der Waals surface area contributed by atoms with E-state index in [2.05, 4.69) is 0 Å². The fourth-order valence-electron chi connectivity index (χ4n) is 5.89. The van der Waals surface area contributed by atoms with Crippen molar-refractivity contribution in [3.63, 3.8) is 0 Å². The first-order chi connectivity index (χ1) is 18.1. The Balaban J connectivity index is 1.58. The van der Waals surface area contributed by atoms with Crippen LogP contribution in [0.15, 0.2) is 42.5 Å². The first-order valence-corrected chi connectivity index (χ1v) is 12.7. The summed E-state index contributed by atoms with van der Waals surface area (Å²) >= 11 is 0. The first kappa shape index (κ1) is 27.4.